The molecule has 0 aliphatic rings. The average Bonchev–Trinajstić information content (AvgIpc) is 3.10. The van der Waals surface area contributed by atoms with Crippen molar-refractivity contribution in [3.05, 3.63) is 52.2 Å². The zero-order valence-electron chi connectivity index (χ0n) is 14.9. The van der Waals surface area contributed by atoms with E-state index in [9.17, 15) is 8.42 Å². The molecule has 1 aromatic heterocycles. The number of guanidine groups is 1. The van der Waals surface area contributed by atoms with Crippen LogP contribution in [0.4, 0.5) is 0 Å². The summed E-state index contributed by atoms with van der Waals surface area (Å²) in [5.74, 6) is 0.672. The van der Waals surface area contributed by atoms with E-state index in [0.29, 0.717) is 19.0 Å². The van der Waals surface area contributed by atoms with E-state index in [1.54, 1.807) is 35.6 Å². The summed E-state index contributed by atoms with van der Waals surface area (Å²) in [4.78, 5) is 5.94. The fraction of sp³-hybridized carbons (Fsp3) is 0.353. The summed E-state index contributed by atoms with van der Waals surface area (Å²) in [6.07, 6.45) is 0. The van der Waals surface area contributed by atoms with Crippen LogP contribution in [0.1, 0.15) is 17.4 Å². The molecule has 3 N–H and O–H groups in total. The average molecular weight is 508 g/mol. The molecule has 0 atom stereocenters. The van der Waals surface area contributed by atoms with Crippen molar-refractivity contribution >= 4 is 51.3 Å². The Hall–Kier alpha value is -1.17. The van der Waals surface area contributed by atoms with E-state index < -0.39 is 10.0 Å². The third-order valence-corrected chi connectivity index (χ3v) is 5.70. The minimum Gasteiger partial charge on any atom is -0.357 e. The maximum absolute atomic E-state index is 12.2. The van der Waals surface area contributed by atoms with Gasteiger partial charge in [0.2, 0.25) is 10.0 Å². The maximum atomic E-state index is 12.2. The molecule has 0 bridgehead atoms. The number of sulfonamides is 1. The zero-order valence-corrected chi connectivity index (χ0v) is 18.8. The Labute approximate surface area is 176 Å². The van der Waals surface area contributed by atoms with Crippen molar-refractivity contribution < 1.29 is 8.42 Å². The first-order valence-corrected chi connectivity index (χ1v) is 10.5. The number of nitrogens with one attached hydrogen (secondary N) is 3. The number of benzene rings is 1. The summed E-state index contributed by atoms with van der Waals surface area (Å²) in [7, 11) is -3.48. The van der Waals surface area contributed by atoms with Gasteiger partial charge in [0.1, 0.15) is 0 Å². The molecule has 6 nitrogen and oxygen atoms in total. The van der Waals surface area contributed by atoms with E-state index >= 15 is 0 Å². The maximum Gasteiger partial charge on any atom is 0.240 e. The molecule has 0 saturated heterocycles. The molecule has 0 amide bonds. The van der Waals surface area contributed by atoms with E-state index in [2.05, 4.69) is 20.3 Å². The van der Waals surface area contributed by atoms with E-state index in [0.717, 1.165) is 12.1 Å². The molecule has 26 heavy (non-hydrogen) atoms. The normalized spacial score (nSPS) is 11.7. The number of aliphatic imine (C=N–C) groups is 1. The number of thiophene rings is 1. The van der Waals surface area contributed by atoms with Gasteiger partial charge < -0.3 is 10.6 Å². The molecular weight excluding hydrogens is 483 g/mol. The molecule has 0 aliphatic heterocycles. The molecule has 1 aromatic carbocycles. The van der Waals surface area contributed by atoms with Crippen LogP contribution in [0.3, 0.4) is 0 Å². The minimum absolute atomic E-state index is 0. The second-order valence-corrected chi connectivity index (χ2v) is 8.21. The quantitative estimate of drug-likeness (QED) is 0.222. The number of hydrogen-bond acceptors (Lipinski definition) is 4. The number of hydrogen-bond donors (Lipinski definition) is 3. The van der Waals surface area contributed by atoms with Crippen molar-refractivity contribution in [3.8, 4) is 0 Å². The Kier molecular flexibility index (Phi) is 10.1. The number of nitrogens with zero attached hydrogens (tertiary/aromatic N) is 1. The molecule has 0 radical (unpaired) electrons. The van der Waals surface area contributed by atoms with Crippen LogP contribution in [0.2, 0.25) is 0 Å². The van der Waals surface area contributed by atoms with E-state index in [4.69, 9.17) is 0 Å². The predicted molar refractivity (Wildman–Crippen MR) is 119 cm³/mol. The zero-order chi connectivity index (χ0) is 18.1. The second-order valence-electron chi connectivity index (χ2n) is 5.41. The summed E-state index contributed by atoms with van der Waals surface area (Å²) in [6.45, 7) is 5.97. The topological polar surface area (TPSA) is 82.6 Å². The first kappa shape index (κ1) is 22.9. The van der Waals surface area contributed by atoms with Crippen molar-refractivity contribution in [1.82, 2.24) is 15.4 Å². The van der Waals surface area contributed by atoms with Gasteiger partial charge in [-0.05, 0) is 37.4 Å². The fourth-order valence-corrected chi connectivity index (χ4v) is 3.73. The Morgan fingerprint density at radius 1 is 1.12 bits per heavy atom. The molecule has 0 spiro atoms. The fourth-order valence-electron chi connectivity index (χ4n) is 2.07. The summed E-state index contributed by atoms with van der Waals surface area (Å²) in [5.41, 5.74) is 1.03. The lowest BCUT2D eigenvalue weighted by molar-refractivity contribution is 0.580. The van der Waals surface area contributed by atoms with Crippen LogP contribution in [-0.2, 0) is 16.6 Å². The van der Waals surface area contributed by atoms with Gasteiger partial charge in [-0.25, -0.2) is 18.1 Å². The molecule has 2 rings (SSSR count). The lowest BCUT2D eigenvalue weighted by Gasteiger charge is -2.12. The van der Waals surface area contributed by atoms with Gasteiger partial charge in [0.25, 0.3) is 0 Å². The van der Waals surface area contributed by atoms with Gasteiger partial charge >= 0.3 is 0 Å². The SMILES string of the molecule is CCNC(=NCc1cccs1)NCCNS(=O)(=O)c1ccc(C)cc1.I. The monoisotopic (exact) mass is 508 g/mol. The van der Waals surface area contributed by atoms with Crippen molar-refractivity contribution in [2.45, 2.75) is 25.3 Å². The third-order valence-electron chi connectivity index (χ3n) is 3.36. The smallest absolute Gasteiger partial charge is 0.240 e. The van der Waals surface area contributed by atoms with Gasteiger partial charge in [-0.3, -0.25) is 0 Å². The van der Waals surface area contributed by atoms with Crippen LogP contribution in [0.15, 0.2) is 51.7 Å². The number of halogens is 1. The largest absolute Gasteiger partial charge is 0.357 e. The van der Waals surface area contributed by atoms with Gasteiger partial charge in [0.05, 0.1) is 11.4 Å². The molecule has 9 heteroatoms. The van der Waals surface area contributed by atoms with Crippen LogP contribution in [-0.4, -0.2) is 34.0 Å². The van der Waals surface area contributed by atoms with Crippen LogP contribution < -0.4 is 15.4 Å². The minimum atomic E-state index is -3.48. The van der Waals surface area contributed by atoms with Crippen LogP contribution in [0.25, 0.3) is 0 Å². The van der Waals surface area contributed by atoms with Gasteiger partial charge in [0.15, 0.2) is 5.96 Å². The highest BCUT2D eigenvalue weighted by Crippen LogP contribution is 2.10. The first-order chi connectivity index (χ1) is 12.0. The molecule has 0 fully saturated rings. The molecule has 0 aliphatic carbocycles. The molecule has 144 valence electrons. The van der Waals surface area contributed by atoms with E-state index in [1.807, 2.05) is 31.4 Å². The number of rotatable bonds is 8. The van der Waals surface area contributed by atoms with Gasteiger partial charge in [-0.2, -0.15) is 0 Å². The van der Waals surface area contributed by atoms with Crippen LogP contribution in [0, 0.1) is 6.92 Å². The summed E-state index contributed by atoms with van der Waals surface area (Å²) in [6, 6.07) is 10.8. The highest BCUT2D eigenvalue weighted by molar-refractivity contribution is 14.0. The van der Waals surface area contributed by atoms with Crippen LogP contribution in [0.5, 0.6) is 0 Å². The summed E-state index contributed by atoms with van der Waals surface area (Å²) >= 11 is 1.66. The lowest BCUT2D eigenvalue weighted by Crippen LogP contribution is -2.41. The Bertz CT molecular complexity index is 776. The molecule has 0 unspecified atom stereocenters. The Balaban J connectivity index is 0.00000338. The highest BCUT2D eigenvalue weighted by atomic mass is 127. The van der Waals surface area contributed by atoms with Crippen molar-refractivity contribution in [2.24, 2.45) is 4.99 Å². The second kappa shape index (κ2) is 11.5. The van der Waals surface area contributed by atoms with Gasteiger partial charge in [-0.15, -0.1) is 35.3 Å². The summed E-state index contributed by atoms with van der Waals surface area (Å²) < 4.78 is 27.0. The third kappa shape index (κ3) is 7.60. The summed E-state index contributed by atoms with van der Waals surface area (Å²) in [5, 5.41) is 8.30. The molecule has 0 saturated carbocycles. The standard InChI is InChI=1S/C17H24N4O2S2.HI/c1-3-18-17(20-13-15-5-4-12-24-15)19-10-11-21-25(22,23)16-8-6-14(2)7-9-16;/h4-9,12,21H,3,10-11,13H2,1-2H3,(H2,18,19,20);1H. The van der Waals surface area contributed by atoms with Crippen molar-refractivity contribution in [1.29, 1.82) is 0 Å². The van der Waals surface area contributed by atoms with E-state index in [1.165, 1.54) is 4.88 Å². The number of aryl methyl sites for hydroxylation is 1. The highest BCUT2D eigenvalue weighted by Gasteiger charge is 2.12. The van der Waals surface area contributed by atoms with Gasteiger partial charge in [0, 0.05) is 24.5 Å². The van der Waals surface area contributed by atoms with Crippen molar-refractivity contribution in [3.63, 3.8) is 0 Å². The molecule has 2 aromatic rings. The predicted octanol–water partition coefficient (Wildman–Crippen LogP) is 2.71. The lowest BCUT2D eigenvalue weighted by atomic mass is 10.2. The van der Waals surface area contributed by atoms with E-state index in [-0.39, 0.29) is 35.4 Å². The molecular formula is C17H25IN4O2S2. The van der Waals surface area contributed by atoms with Gasteiger partial charge in [-0.1, -0.05) is 23.8 Å². The Morgan fingerprint density at radius 3 is 2.46 bits per heavy atom. The molecule has 1 heterocycles. The Morgan fingerprint density at radius 2 is 1.85 bits per heavy atom. The van der Waals surface area contributed by atoms with Crippen LogP contribution >= 0.6 is 35.3 Å². The first-order valence-electron chi connectivity index (χ1n) is 8.12. The van der Waals surface area contributed by atoms with Crippen molar-refractivity contribution in [2.75, 3.05) is 19.6 Å².